The van der Waals surface area contributed by atoms with Crippen molar-refractivity contribution in [1.29, 1.82) is 0 Å². The van der Waals surface area contributed by atoms with Gasteiger partial charge in [0.1, 0.15) is 5.75 Å². The van der Waals surface area contributed by atoms with E-state index in [4.69, 9.17) is 14.2 Å². The molecule has 2 aromatic carbocycles. The van der Waals surface area contributed by atoms with Gasteiger partial charge in [-0.15, -0.1) is 0 Å². The van der Waals surface area contributed by atoms with E-state index in [1.165, 1.54) is 23.9 Å². The highest BCUT2D eigenvalue weighted by Crippen LogP contribution is 2.31. The van der Waals surface area contributed by atoms with Crippen LogP contribution >= 0.6 is 0 Å². The molecule has 1 saturated heterocycles. The van der Waals surface area contributed by atoms with Crippen molar-refractivity contribution in [2.75, 3.05) is 33.5 Å². The molecule has 0 atom stereocenters. The fourth-order valence-electron chi connectivity index (χ4n) is 3.76. The molecular weight excluding hydrogens is 463 g/mol. The first-order valence-electron chi connectivity index (χ1n) is 11.2. The summed E-state index contributed by atoms with van der Waals surface area (Å²) in [5, 5.41) is 7.38. The number of ether oxygens (including phenoxy) is 3. The number of amides is 1. The minimum Gasteiger partial charge on any atom is -0.484 e. The second kappa shape index (κ2) is 10.8. The molecule has 7 nitrogen and oxygen atoms in total. The summed E-state index contributed by atoms with van der Waals surface area (Å²) < 4.78 is 56.3. The minimum atomic E-state index is -4.41. The molecule has 1 aliphatic heterocycles. The van der Waals surface area contributed by atoms with Gasteiger partial charge in [-0.05, 0) is 67.3 Å². The van der Waals surface area contributed by atoms with E-state index in [9.17, 15) is 18.0 Å². The number of rotatable bonds is 8. The first kappa shape index (κ1) is 24.6. The zero-order valence-corrected chi connectivity index (χ0v) is 19.2. The third kappa shape index (κ3) is 6.33. The van der Waals surface area contributed by atoms with E-state index in [-0.39, 0.29) is 12.5 Å². The van der Waals surface area contributed by atoms with Crippen molar-refractivity contribution < 1.29 is 32.2 Å². The Hall–Kier alpha value is -3.53. The predicted molar refractivity (Wildman–Crippen MR) is 123 cm³/mol. The number of carbonyl (C=O) groups excluding carboxylic acids is 1. The highest BCUT2D eigenvalue weighted by atomic mass is 19.4. The van der Waals surface area contributed by atoms with Crippen LogP contribution < -0.4 is 14.8 Å². The molecule has 2 heterocycles. The number of aromatic nitrogens is 2. The van der Waals surface area contributed by atoms with Gasteiger partial charge in [0.15, 0.2) is 6.61 Å². The van der Waals surface area contributed by atoms with E-state index in [2.05, 4.69) is 10.4 Å². The van der Waals surface area contributed by atoms with Gasteiger partial charge < -0.3 is 19.5 Å². The summed E-state index contributed by atoms with van der Waals surface area (Å²) in [5.41, 5.74) is 1.03. The minimum absolute atomic E-state index is 0.0844. The number of nitrogens with one attached hydrogen (secondary N) is 1. The standard InChI is InChI=1S/C25H26F3N3O4/c1-33-24-14-22(30-31(24)20-6-4-19(5-7-20)25(26,27)28)18-2-8-21(9-3-18)35-16-23(32)29-15-17-10-12-34-13-11-17/h2-9,14,17H,10-13,15-16H2,1H3,(H,29,32). The second-order valence-corrected chi connectivity index (χ2v) is 8.20. The number of benzene rings is 2. The van der Waals surface area contributed by atoms with Crippen molar-refractivity contribution in [3.63, 3.8) is 0 Å². The highest BCUT2D eigenvalue weighted by Gasteiger charge is 2.30. The number of alkyl halides is 3. The Bertz CT molecular complexity index is 1120. The smallest absolute Gasteiger partial charge is 0.416 e. The molecule has 0 unspecified atom stereocenters. The van der Waals surface area contributed by atoms with Gasteiger partial charge in [0.2, 0.25) is 5.88 Å². The van der Waals surface area contributed by atoms with Gasteiger partial charge in [-0.3, -0.25) is 4.79 Å². The predicted octanol–water partition coefficient (Wildman–Crippen LogP) is 4.49. The van der Waals surface area contributed by atoms with Gasteiger partial charge in [-0.25, -0.2) is 4.68 Å². The van der Waals surface area contributed by atoms with Crippen LogP contribution in [-0.4, -0.2) is 49.2 Å². The van der Waals surface area contributed by atoms with E-state index < -0.39 is 11.7 Å². The van der Waals surface area contributed by atoms with Crippen molar-refractivity contribution in [2.45, 2.75) is 19.0 Å². The average molecular weight is 489 g/mol. The van der Waals surface area contributed by atoms with Crippen LogP contribution in [-0.2, 0) is 15.7 Å². The van der Waals surface area contributed by atoms with Crippen LogP contribution in [0.5, 0.6) is 11.6 Å². The van der Waals surface area contributed by atoms with Gasteiger partial charge in [-0.1, -0.05) is 0 Å². The molecule has 0 aliphatic carbocycles. The Labute approximate surface area is 200 Å². The Morgan fingerprint density at radius 1 is 1.11 bits per heavy atom. The van der Waals surface area contributed by atoms with E-state index in [1.54, 1.807) is 30.3 Å². The van der Waals surface area contributed by atoms with Gasteiger partial charge in [0.05, 0.1) is 24.1 Å². The maximum atomic E-state index is 12.9. The molecule has 0 bridgehead atoms. The molecule has 0 saturated carbocycles. The first-order chi connectivity index (χ1) is 16.8. The monoisotopic (exact) mass is 489 g/mol. The maximum Gasteiger partial charge on any atom is 0.416 e. The van der Waals surface area contributed by atoms with Crippen LogP contribution in [0.25, 0.3) is 16.9 Å². The highest BCUT2D eigenvalue weighted by molar-refractivity contribution is 5.77. The van der Waals surface area contributed by atoms with E-state index >= 15 is 0 Å². The molecule has 186 valence electrons. The Morgan fingerprint density at radius 2 is 1.80 bits per heavy atom. The number of carbonyl (C=O) groups is 1. The Morgan fingerprint density at radius 3 is 2.43 bits per heavy atom. The number of halogens is 3. The van der Waals surface area contributed by atoms with Gasteiger partial charge in [0.25, 0.3) is 5.91 Å². The normalized spacial score (nSPS) is 14.5. The van der Waals surface area contributed by atoms with Crippen LogP contribution in [0.1, 0.15) is 18.4 Å². The zero-order valence-electron chi connectivity index (χ0n) is 19.2. The molecule has 35 heavy (non-hydrogen) atoms. The number of methoxy groups -OCH3 is 1. The third-order valence-corrected chi connectivity index (χ3v) is 5.77. The average Bonchev–Trinajstić information content (AvgIpc) is 3.31. The van der Waals surface area contributed by atoms with Gasteiger partial charge in [0, 0.05) is 31.4 Å². The number of nitrogens with zero attached hydrogens (tertiary/aromatic N) is 2. The van der Waals surface area contributed by atoms with Gasteiger partial charge >= 0.3 is 6.18 Å². The lowest BCUT2D eigenvalue weighted by Gasteiger charge is -2.22. The van der Waals surface area contributed by atoms with Crippen molar-refractivity contribution in [3.05, 3.63) is 60.2 Å². The SMILES string of the molecule is COc1cc(-c2ccc(OCC(=O)NCC3CCOCC3)cc2)nn1-c1ccc(C(F)(F)F)cc1. The van der Waals surface area contributed by atoms with Crippen LogP contribution in [0.15, 0.2) is 54.6 Å². The molecule has 0 spiro atoms. The molecule has 10 heteroatoms. The van der Waals surface area contributed by atoms with E-state index in [0.29, 0.717) is 35.5 Å². The van der Waals surface area contributed by atoms with Crippen LogP contribution in [0, 0.1) is 5.92 Å². The summed E-state index contributed by atoms with van der Waals surface area (Å²) in [7, 11) is 1.46. The molecule has 1 fully saturated rings. The van der Waals surface area contributed by atoms with Crippen molar-refractivity contribution in [2.24, 2.45) is 5.92 Å². The topological polar surface area (TPSA) is 74.6 Å². The molecule has 0 radical (unpaired) electrons. The van der Waals surface area contributed by atoms with E-state index in [1.807, 2.05) is 0 Å². The lowest BCUT2D eigenvalue weighted by atomic mass is 10.0. The largest absolute Gasteiger partial charge is 0.484 e. The quantitative estimate of drug-likeness (QED) is 0.505. The summed E-state index contributed by atoms with van der Waals surface area (Å²) in [4.78, 5) is 12.1. The van der Waals surface area contributed by atoms with Crippen LogP contribution in [0.2, 0.25) is 0 Å². The van der Waals surface area contributed by atoms with Gasteiger partial charge in [-0.2, -0.15) is 18.3 Å². The maximum absolute atomic E-state index is 12.9. The summed E-state index contributed by atoms with van der Waals surface area (Å²) in [5.74, 6) is 1.16. The van der Waals surface area contributed by atoms with Crippen molar-refractivity contribution in [1.82, 2.24) is 15.1 Å². The lowest BCUT2D eigenvalue weighted by molar-refractivity contribution is -0.137. The number of hydrogen-bond donors (Lipinski definition) is 1. The third-order valence-electron chi connectivity index (χ3n) is 5.77. The second-order valence-electron chi connectivity index (χ2n) is 8.20. The fraction of sp³-hybridized carbons (Fsp3) is 0.360. The molecule has 1 aromatic heterocycles. The summed E-state index contributed by atoms with van der Waals surface area (Å²) in [6.07, 6.45) is -2.52. The fourth-order valence-corrected chi connectivity index (χ4v) is 3.76. The molecule has 1 N–H and O–H groups in total. The Kier molecular flexibility index (Phi) is 7.60. The molecule has 3 aromatic rings. The Balaban J connectivity index is 1.37. The molecule has 1 amide bonds. The molecular formula is C25H26F3N3O4. The van der Waals surface area contributed by atoms with Crippen molar-refractivity contribution in [3.8, 4) is 28.6 Å². The van der Waals surface area contributed by atoms with Crippen LogP contribution in [0.3, 0.4) is 0 Å². The summed E-state index contributed by atoms with van der Waals surface area (Å²) in [6.45, 7) is 2.00. The lowest BCUT2D eigenvalue weighted by Crippen LogP contribution is -2.35. The molecule has 1 aliphatic rings. The summed E-state index contributed by atoms with van der Waals surface area (Å²) >= 11 is 0. The number of hydrogen-bond acceptors (Lipinski definition) is 5. The summed E-state index contributed by atoms with van der Waals surface area (Å²) in [6, 6.07) is 13.4. The molecule has 4 rings (SSSR count). The van der Waals surface area contributed by atoms with Crippen molar-refractivity contribution >= 4 is 5.91 Å². The van der Waals surface area contributed by atoms with E-state index in [0.717, 1.165) is 43.8 Å². The van der Waals surface area contributed by atoms with Crippen LogP contribution in [0.4, 0.5) is 13.2 Å². The first-order valence-corrected chi connectivity index (χ1v) is 11.2. The zero-order chi connectivity index (χ0) is 24.8.